The van der Waals surface area contributed by atoms with Crippen molar-refractivity contribution in [3.63, 3.8) is 0 Å². The summed E-state index contributed by atoms with van der Waals surface area (Å²) in [5.74, 6) is 0.907. The quantitative estimate of drug-likeness (QED) is 0.727. The van der Waals surface area contributed by atoms with E-state index in [2.05, 4.69) is 15.6 Å². The maximum absolute atomic E-state index is 11.7. The molecule has 1 aliphatic rings. The van der Waals surface area contributed by atoms with Gasteiger partial charge >= 0.3 is 0 Å². The molecule has 0 bridgehead atoms. The monoisotopic (exact) mass is 238 g/mol. The summed E-state index contributed by atoms with van der Waals surface area (Å²) < 4.78 is 7.36. The SMILES string of the molecule is Cc1nccn1CCNC(=O)C1CNCCO1. The van der Waals surface area contributed by atoms with E-state index in [1.54, 1.807) is 6.20 Å². The summed E-state index contributed by atoms with van der Waals surface area (Å²) in [6.45, 7) is 5.27. The third-order valence-corrected chi connectivity index (χ3v) is 2.80. The zero-order chi connectivity index (χ0) is 12.1. The first-order valence-electron chi connectivity index (χ1n) is 5.85. The number of aromatic nitrogens is 2. The molecule has 1 aromatic heterocycles. The van der Waals surface area contributed by atoms with Crippen molar-refractivity contribution in [2.45, 2.75) is 19.6 Å². The van der Waals surface area contributed by atoms with Crippen LogP contribution in [0, 0.1) is 6.92 Å². The zero-order valence-electron chi connectivity index (χ0n) is 9.98. The number of aryl methyl sites for hydroxylation is 1. The molecular formula is C11H18N4O2. The number of carbonyl (C=O) groups is 1. The van der Waals surface area contributed by atoms with Crippen LogP contribution in [0.1, 0.15) is 5.82 Å². The molecule has 94 valence electrons. The second kappa shape index (κ2) is 5.79. The number of nitrogens with one attached hydrogen (secondary N) is 2. The molecule has 1 saturated heterocycles. The molecule has 0 saturated carbocycles. The zero-order valence-corrected chi connectivity index (χ0v) is 9.98. The maximum Gasteiger partial charge on any atom is 0.250 e. The van der Waals surface area contributed by atoms with E-state index in [9.17, 15) is 4.79 Å². The van der Waals surface area contributed by atoms with E-state index >= 15 is 0 Å². The number of imidazole rings is 1. The fraction of sp³-hybridized carbons (Fsp3) is 0.636. The molecule has 2 N–H and O–H groups in total. The highest BCUT2D eigenvalue weighted by atomic mass is 16.5. The number of carbonyl (C=O) groups excluding carboxylic acids is 1. The van der Waals surface area contributed by atoms with E-state index in [1.807, 2.05) is 17.7 Å². The average Bonchev–Trinajstić information content (AvgIpc) is 2.76. The van der Waals surface area contributed by atoms with E-state index in [0.29, 0.717) is 19.7 Å². The van der Waals surface area contributed by atoms with E-state index in [1.165, 1.54) is 0 Å². The summed E-state index contributed by atoms with van der Waals surface area (Å²) in [6.07, 6.45) is 3.30. The third kappa shape index (κ3) is 3.28. The molecule has 1 amide bonds. The Kier molecular flexibility index (Phi) is 4.11. The molecule has 1 unspecified atom stereocenters. The van der Waals surface area contributed by atoms with Crippen molar-refractivity contribution in [2.75, 3.05) is 26.2 Å². The number of hydrogen-bond acceptors (Lipinski definition) is 4. The van der Waals surface area contributed by atoms with Crippen molar-refractivity contribution >= 4 is 5.91 Å². The van der Waals surface area contributed by atoms with E-state index in [0.717, 1.165) is 18.9 Å². The molecule has 1 aromatic rings. The molecule has 2 rings (SSSR count). The van der Waals surface area contributed by atoms with Gasteiger partial charge in [-0.3, -0.25) is 4.79 Å². The van der Waals surface area contributed by atoms with Crippen molar-refractivity contribution in [1.29, 1.82) is 0 Å². The van der Waals surface area contributed by atoms with Crippen LogP contribution in [0.2, 0.25) is 0 Å². The van der Waals surface area contributed by atoms with E-state index < -0.39 is 0 Å². The third-order valence-electron chi connectivity index (χ3n) is 2.80. The Morgan fingerprint density at radius 2 is 2.65 bits per heavy atom. The minimum absolute atomic E-state index is 0.0463. The van der Waals surface area contributed by atoms with Crippen LogP contribution >= 0.6 is 0 Å². The van der Waals surface area contributed by atoms with Crippen molar-refractivity contribution in [3.8, 4) is 0 Å². The minimum Gasteiger partial charge on any atom is -0.366 e. The number of hydrogen-bond donors (Lipinski definition) is 2. The van der Waals surface area contributed by atoms with Gasteiger partial charge < -0.3 is 19.9 Å². The number of amides is 1. The topological polar surface area (TPSA) is 68.2 Å². The predicted octanol–water partition coefficient (Wildman–Crippen LogP) is -0.704. The highest BCUT2D eigenvalue weighted by molar-refractivity contribution is 5.81. The second-order valence-corrected chi connectivity index (χ2v) is 4.02. The van der Waals surface area contributed by atoms with Crippen molar-refractivity contribution in [2.24, 2.45) is 0 Å². The molecule has 1 fully saturated rings. The van der Waals surface area contributed by atoms with E-state index in [4.69, 9.17) is 4.74 Å². The highest BCUT2D eigenvalue weighted by Gasteiger charge is 2.20. The lowest BCUT2D eigenvalue weighted by atomic mass is 10.3. The Morgan fingerprint density at radius 1 is 1.76 bits per heavy atom. The first-order valence-corrected chi connectivity index (χ1v) is 5.85. The van der Waals surface area contributed by atoms with Crippen molar-refractivity contribution in [1.82, 2.24) is 20.2 Å². The lowest BCUT2D eigenvalue weighted by Gasteiger charge is -2.22. The average molecular weight is 238 g/mol. The molecule has 6 nitrogen and oxygen atoms in total. The molecule has 0 spiro atoms. The van der Waals surface area contributed by atoms with Crippen LogP contribution in [0.4, 0.5) is 0 Å². The van der Waals surface area contributed by atoms with E-state index in [-0.39, 0.29) is 12.0 Å². The summed E-state index contributed by atoms with van der Waals surface area (Å²) in [4.78, 5) is 15.8. The van der Waals surface area contributed by atoms with Crippen LogP contribution in [0.5, 0.6) is 0 Å². The molecule has 17 heavy (non-hydrogen) atoms. The first kappa shape index (κ1) is 12.1. The molecular weight excluding hydrogens is 220 g/mol. The molecule has 1 atom stereocenters. The summed E-state index contributed by atoms with van der Waals surface area (Å²) in [6, 6.07) is 0. The fourth-order valence-electron chi connectivity index (χ4n) is 1.79. The van der Waals surface area contributed by atoms with Gasteiger partial charge in [-0.1, -0.05) is 0 Å². The molecule has 2 heterocycles. The summed E-state index contributed by atoms with van der Waals surface area (Å²) in [7, 11) is 0. The number of nitrogens with zero attached hydrogens (tertiary/aromatic N) is 2. The van der Waals surface area contributed by atoms with Crippen LogP contribution in [-0.2, 0) is 16.1 Å². The second-order valence-electron chi connectivity index (χ2n) is 4.02. The van der Waals surface area contributed by atoms with Gasteiger partial charge in [-0.2, -0.15) is 0 Å². The van der Waals surface area contributed by atoms with Crippen molar-refractivity contribution < 1.29 is 9.53 Å². The van der Waals surface area contributed by atoms with Crippen LogP contribution in [-0.4, -0.2) is 47.8 Å². The van der Waals surface area contributed by atoms with Gasteiger partial charge in [0.15, 0.2) is 0 Å². The van der Waals surface area contributed by atoms with Crippen LogP contribution in [0.25, 0.3) is 0 Å². The highest BCUT2D eigenvalue weighted by Crippen LogP contribution is 1.97. The number of morpholine rings is 1. The first-order chi connectivity index (χ1) is 8.27. The Hall–Kier alpha value is -1.40. The molecule has 0 aliphatic carbocycles. The van der Waals surface area contributed by atoms with Gasteiger partial charge in [0.2, 0.25) is 0 Å². The Labute approximate surface area is 100 Å². The smallest absolute Gasteiger partial charge is 0.250 e. The van der Waals surface area contributed by atoms with Gasteiger partial charge in [0.25, 0.3) is 5.91 Å². The molecule has 0 radical (unpaired) electrons. The number of ether oxygens (including phenoxy) is 1. The van der Waals surface area contributed by atoms with Crippen LogP contribution in [0.15, 0.2) is 12.4 Å². The molecule has 6 heteroatoms. The molecule has 0 aromatic carbocycles. The normalized spacial score (nSPS) is 20.2. The maximum atomic E-state index is 11.7. The van der Waals surface area contributed by atoms with Gasteiger partial charge in [0.1, 0.15) is 11.9 Å². The van der Waals surface area contributed by atoms with Gasteiger partial charge in [0.05, 0.1) is 6.61 Å². The Morgan fingerprint density at radius 3 is 3.29 bits per heavy atom. The van der Waals surface area contributed by atoms with Crippen LogP contribution < -0.4 is 10.6 Å². The summed E-state index contributed by atoms with van der Waals surface area (Å²) >= 11 is 0. The standard InChI is InChI=1S/C11H18N4O2/c1-9-13-2-5-15(9)6-3-14-11(16)10-8-12-4-7-17-10/h2,5,10,12H,3-4,6-8H2,1H3,(H,14,16). The van der Waals surface area contributed by atoms with Gasteiger partial charge in [-0.25, -0.2) is 4.98 Å². The minimum atomic E-state index is -0.354. The van der Waals surface area contributed by atoms with Gasteiger partial charge in [-0.05, 0) is 6.92 Å². The van der Waals surface area contributed by atoms with Crippen LogP contribution in [0.3, 0.4) is 0 Å². The fourth-order valence-corrected chi connectivity index (χ4v) is 1.79. The lowest BCUT2D eigenvalue weighted by molar-refractivity contribution is -0.134. The van der Waals surface area contributed by atoms with Crippen molar-refractivity contribution in [3.05, 3.63) is 18.2 Å². The predicted molar refractivity (Wildman–Crippen MR) is 62.6 cm³/mol. The largest absolute Gasteiger partial charge is 0.366 e. The number of rotatable bonds is 4. The lowest BCUT2D eigenvalue weighted by Crippen LogP contribution is -2.48. The summed E-state index contributed by atoms with van der Waals surface area (Å²) in [5, 5.41) is 5.99. The van der Waals surface area contributed by atoms with Gasteiger partial charge in [-0.15, -0.1) is 0 Å². The molecule has 1 aliphatic heterocycles. The Bertz CT molecular complexity index is 371. The Balaban J connectivity index is 1.71. The van der Waals surface area contributed by atoms with Gasteiger partial charge in [0, 0.05) is 38.6 Å². The summed E-state index contributed by atoms with van der Waals surface area (Å²) in [5.41, 5.74) is 0.